The normalized spacial score (nSPS) is 12.2. The first-order valence-electron chi connectivity index (χ1n) is 6.35. The summed E-state index contributed by atoms with van der Waals surface area (Å²) >= 11 is 13.6. The summed E-state index contributed by atoms with van der Waals surface area (Å²) in [7, 11) is 0. The average Bonchev–Trinajstić information content (AvgIpc) is 2.43. The monoisotopic (exact) mass is 416 g/mol. The molecule has 2 rings (SSSR count). The summed E-state index contributed by atoms with van der Waals surface area (Å²) in [5.74, 6) is 0.885. The van der Waals surface area contributed by atoms with Gasteiger partial charge in [-0.2, -0.15) is 0 Å². The standard InChI is InChI=1S/C16H15Br2ClO/c1-3-20-15-7-4-10(2)8-13(15)16(18)12-9-11(17)5-6-14(12)19/h4-9,16H,3H2,1-2H3. The van der Waals surface area contributed by atoms with Crippen LogP contribution in [-0.2, 0) is 0 Å². The van der Waals surface area contributed by atoms with Crippen LogP contribution in [0.2, 0.25) is 5.02 Å². The highest BCUT2D eigenvalue weighted by Gasteiger charge is 2.18. The Morgan fingerprint density at radius 1 is 1.15 bits per heavy atom. The molecule has 0 aromatic heterocycles. The quantitative estimate of drug-likeness (QED) is 0.530. The molecule has 0 amide bonds. The number of benzene rings is 2. The van der Waals surface area contributed by atoms with Crippen molar-refractivity contribution in [1.82, 2.24) is 0 Å². The van der Waals surface area contributed by atoms with Crippen molar-refractivity contribution in [3.63, 3.8) is 0 Å². The summed E-state index contributed by atoms with van der Waals surface area (Å²) in [6.07, 6.45) is 0. The molecule has 0 spiro atoms. The van der Waals surface area contributed by atoms with E-state index in [1.165, 1.54) is 5.56 Å². The van der Waals surface area contributed by atoms with Gasteiger partial charge in [0.25, 0.3) is 0 Å². The Bertz CT molecular complexity index is 613. The van der Waals surface area contributed by atoms with Crippen molar-refractivity contribution < 1.29 is 4.74 Å². The minimum atomic E-state index is -0.00560. The third kappa shape index (κ3) is 3.57. The fourth-order valence-corrected chi connectivity index (χ4v) is 3.50. The predicted molar refractivity (Wildman–Crippen MR) is 92.3 cm³/mol. The van der Waals surface area contributed by atoms with E-state index >= 15 is 0 Å². The van der Waals surface area contributed by atoms with Gasteiger partial charge in [0.2, 0.25) is 0 Å². The summed E-state index contributed by atoms with van der Waals surface area (Å²) in [5.41, 5.74) is 3.30. The Balaban J connectivity index is 2.49. The molecule has 0 fully saturated rings. The number of hydrogen-bond acceptors (Lipinski definition) is 1. The Morgan fingerprint density at radius 2 is 1.90 bits per heavy atom. The summed E-state index contributed by atoms with van der Waals surface area (Å²) in [6.45, 7) is 4.70. The second-order valence-electron chi connectivity index (χ2n) is 4.50. The van der Waals surface area contributed by atoms with Gasteiger partial charge in [-0.25, -0.2) is 0 Å². The molecule has 0 bridgehead atoms. The van der Waals surface area contributed by atoms with Crippen LogP contribution in [0.1, 0.15) is 28.4 Å². The Hall–Kier alpha value is -0.510. The van der Waals surface area contributed by atoms with Gasteiger partial charge in [-0.1, -0.05) is 61.2 Å². The van der Waals surface area contributed by atoms with E-state index in [2.05, 4.69) is 50.9 Å². The fourth-order valence-electron chi connectivity index (χ4n) is 2.03. The Kier molecular flexibility index (Phi) is 5.53. The predicted octanol–water partition coefficient (Wildman–Crippen LogP) is 6.29. The largest absolute Gasteiger partial charge is 0.494 e. The van der Waals surface area contributed by atoms with Crippen molar-refractivity contribution >= 4 is 43.5 Å². The molecule has 0 saturated carbocycles. The van der Waals surface area contributed by atoms with E-state index in [1.807, 2.05) is 31.2 Å². The number of alkyl halides is 1. The molecule has 2 aromatic carbocycles. The van der Waals surface area contributed by atoms with Gasteiger partial charge in [0.1, 0.15) is 5.75 Å². The third-order valence-electron chi connectivity index (χ3n) is 2.97. The first-order chi connectivity index (χ1) is 9.52. The number of hydrogen-bond donors (Lipinski definition) is 0. The molecule has 1 nitrogen and oxygen atoms in total. The zero-order valence-corrected chi connectivity index (χ0v) is 15.2. The molecule has 0 radical (unpaired) electrons. The summed E-state index contributed by atoms with van der Waals surface area (Å²) < 4.78 is 6.73. The van der Waals surface area contributed by atoms with Crippen LogP contribution in [0.25, 0.3) is 0 Å². The maximum absolute atomic E-state index is 6.32. The highest BCUT2D eigenvalue weighted by molar-refractivity contribution is 9.10. The molecule has 20 heavy (non-hydrogen) atoms. The van der Waals surface area contributed by atoms with Crippen molar-refractivity contribution in [2.45, 2.75) is 18.7 Å². The highest BCUT2D eigenvalue weighted by atomic mass is 79.9. The van der Waals surface area contributed by atoms with E-state index in [9.17, 15) is 0 Å². The number of ether oxygens (including phenoxy) is 1. The lowest BCUT2D eigenvalue weighted by molar-refractivity contribution is 0.337. The van der Waals surface area contributed by atoms with Crippen molar-refractivity contribution in [3.05, 3.63) is 62.6 Å². The molecule has 2 aromatic rings. The molecule has 0 N–H and O–H groups in total. The lowest BCUT2D eigenvalue weighted by Gasteiger charge is -2.17. The summed E-state index contributed by atoms with van der Waals surface area (Å²) in [5, 5.41) is 0.735. The number of aryl methyl sites for hydroxylation is 1. The highest BCUT2D eigenvalue weighted by Crippen LogP contribution is 2.40. The van der Waals surface area contributed by atoms with Crippen molar-refractivity contribution in [3.8, 4) is 5.75 Å². The topological polar surface area (TPSA) is 9.23 Å². The van der Waals surface area contributed by atoms with Gasteiger partial charge < -0.3 is 4.74 Å². The zero-order valence-electron chi connectivity index (χ0n) is 11.3. The van der Waals surface area contributed by atoms with Gasteiger partial charge in [0.15, 0.2) is 0 Å². The number of halogens is 3. The van der Waals surface area contributed by atoms with Gasteiger partial charge in [-0.05, 0) is 43.7 Å². The molecule has 4 heteroatoms. The Labute approximate surface area is 141 Å². The van der Waals surface area contributed by atoms with Crippen LogP contribution < -0.4 is 4.74 Å². The second-order valence-corrected chi connectivity index (χ2v) is 6.74. The molecule has 1 unspecified atom stereocenters. The van der Waals surface area contributed by atoms with E-state index in [1.54, 1.807) is 0 Å². The maximum Gasteiger partial charge on any atom is 0.123 e. The minimum Gasteiger partial charge on any atom is -0.494 e. The van der Waals surface area contributed by atoms with E-state index in [-0.39, 0.29) is 4.83 Å². The van der Waals surface area contributed by atoms with E-state index in [4.69, 9.17) is 16.3 Å². The molecule has 0 aliphatic carbocycles. The summed E-state index contributed by atoms with van der Waals surface area (Å²) in [6, 6.07) is 12.0. The van der Waals surface area contributed by atoms with Crippen LogP contribution in [0, 0.1) is 6.92 Å². The van der Waals surface area contributed by atoms with Crippen LogP contribution in [0.5, 0.6) is 5.75 Å². The SMILES string of the molecule is CCOc1ccc(C)cc1C(Br)c1cc(Br)ccc1Cl. The van der Waals surface area contributed by atoms with Gasteiger partial charge in [-0.3, -0.25) is 0 Å². The smallest absolute Gasteiger partial charge is 0.123 e. The van der Waals surface area contributed by atoms with Crippen LogP contribution in [0.3, 0.4) is 0 Å². The lowest BCUT2D eigenvalue weighted by atomic mass is 10.0. The van der Waals surface area contributed by atoms with Crippen molar-refractivity contribution in [2.24, 2.45) is 0 Å². The van der Waals surface area contributed by atoms with Crippen LogP contribution in [0.4, 0.5) is 0 Å². The molecular weight excluding hydrogens is 403 g/mol. The van der Waals surface area contributed by atoms with E-state index in [0.29, 0.717) is 6.61 Å². The van der Waals surface area contributed by atoms with Gasteiger partial charge in [-0.15, -0.1) is 0 Å². The molecule has 0 heterocycles. The van der Waals surface area contributed by atoms with Crippen LogP contribution >= 0.6 is 43.5 Å². The van der Waals surface area contributed by atoms with Gasteiger partial charge >= 0.3 is 0 Å². The average molecular weight is 419 g/mol. The molecular formula is C16H15Br2ClO. The van der Waals surface area contributed by atoms with Gasteiger partial charge in [0, 0.05) is 15.1 Å². The molecule has 0 aliphatic rings. The van der Waals surface area contributed by atoms with Crippen LogP contribution in [0.15, 0.2) is 40.9 Å². The molecule has 1 atom stereocenters. The first-order valence-corrected chi connectivity index (χ1v) is 8.44. The third-order valence-corrected chi connectivity index (χ3v) is 4.79. The first kappa shape index (κ1) is 15.9. The Morgan fingerprint density at radius 3 is 2.60 bits per heavy atom. The van der Waals surface area contributed by atoms with Crippen molar-refractivity contribution in [2.75, 3.05) is 6.61 Å². The van der Waals surface area contributed by atoms with E-state index in [0.717, 1.165) is 26.4 Å². The molecule has 106 valence electrons. The zero-order chi connectivity index (χ0) is 14.7. The maximum atomic E-state index is 6.32. The second kappa shape index (κ2) is 6.97. The van der Waals surface area contributed by atoms with Gasteiger partial charge in [0.05, 0.1) is 11.4 Å². The van der Waals surface area contributed by atoms with Crippen LogP contribution in [-0.4, -0.2) is 6.61 Å². The fraction of sp³-hybridized carbons (Fsp3) is 0.250. The summed E-state index contributed by atoms with van der Waals surface area (Å²) in [4.78, 5) is -0.00560. The lowest BCUT2D eigenvalue weighted by Crippen LogP contribution is -2.01. The number of rotatable bonds is 4. The molecule has 0 saturated heterocycles. The molecule has 0 aliphatic heterocycles. The van der Waals surface area contributed by atoms with Crippen molar-refractivity contribution in [1.29, 1.82) is 0 Å². The van der Waals surface area contributed by atoms with E-state index < -0.39 is 0 Å². The minimum absolute atomic E-state index is 0.00560.